The molecule has 1 aliphatic heterocycles. The summed E-state index contributed by atoms with van der Waals surface area (Å²) in [5.41, 5.74) is 10.2. The maximum Gasteiger partial charge on any atom is 0.250 e. The Morgan fingerprint density at radius 3 is 2.87 bits per heavy atom. The molecule has 0 atom stereocenters. The zero-order chi connectivity index (χ0) is 21.5. The van der Waals surface area contributed by atoms with Crippen molar-refractivity contribution in [3.8, 4) is 11.4 Å². The predicted octanol–water partition coefficient (Wildman–Crippen LogP) is 3.75. The number of carbonyl (C=O) groups is 1. The van der Waals surface area contributed by atoms with Gasteiger partial charge in [0.25, 0.3) is 5.91 Å². The Balaban J connectivity index is 1.60. The standard InChI is InChI=1S/C23H21FN6O/c1-12-18(15-6-3-7-16(20(25)31)19(15)28-12)23-29-21-17(8-9-26-21)22(30-23)27-11-13-4-2-5-14(24)10-13/h2-7,10,28H,8-9,11H2,1H3,(H2,25,31)(H2,26,27,29,30). The minimum atomic E-state index is -0.493. The van der Waals surface area contributed by atoms with Gasteiger partial charge in [-0.2, -0.15) is 0 Å². The van der Waals surface area contributed by atoms with Crippen molar-refractivity contribution < 1.29 is 9.18 Å². The van der Waals surface area contributed by atoms with Crippen LogP contribution in [0.25, 0.3) is 22.3 Å². The number of hydrogen-bond donors (Lipinski definition) is 4. The molecule has 2 aromatic heterocycles. The number of aromatic amines is 1. The fourth-order valence-corrected chi connectivity index (χ4v) is 4.10. The summed E-state index contributed by atoms with van der Waals surface area (Å²) in [6.07, 6.45) is 0.805. The van der Waals surface area contributed by atoms with Crippen LogP contribution in [0, 0.1) is 12.7 Å². The van der Waals surface area contributed by atoms with E-state index in [0.717, 1.165) is 46.6 Å². The second-order valence-corrected chi connectivity index (χ2v) is 7.60. The summed E-state index contributed by atoms with van der Waals surface area (Å²) in [5.74, 6) is 1.28. The predicted molar refractivity (Wildman–Crippen MR) is 118 cm³/mol. The van der Waals surface area contributed by atoms with Crippen molar-refractivity contribution in [1.29, 1.82) is 0 Å². The molecule has 0 bridgehead atoms. The van der Waals surface area contributed by atoms with Gasteiger partial charge in [-0.25, -0.2) is 14.4 Å². The average molecular weight is 416 g/mol. The van der Waals surface area contributed by atoms with Crippen LogP contribution in [-0.4, -0.2) is 27.4 Å². The number of carbonyl (C=O) groups excluding carboxylic acids is 1. The van der Waals surface area contributed by atoms with Crippen molar-refractivity contribution in [1.82, 2.24) is 15.0 Å². The van der Waals surface area contributed by atoms with Crippen LogP contribution in [-0.2, 0) is 13.0 Å². The lowest BCUT2D eigenvalue weighted by molar-refractivity contribution is 0.100. The molecule has 0 spiro atoms. The maximum atomic E-state index is 13.5. The molecule has 5 rings (SSSR count). The van der Waals surface area contributed by atoms with Crippen LogP contribution >= 0.6 is 0 Å². The normalized spacial score (nSPS) is 12.6. The van der Waals surface area contributed by atoms with Crippen molar-refractivity contribution in [2.75, 3.05) is 17.2 Å². The van der Waals surface area contributed by atoms with E-state index < -0.39 is 5.91 Å². The Bertz CT molecular complexity index is 1330. The number of aryl methyl sites for hydroxylation is 1. The number of nitrogens with zero attached hydrogens (tertiary/aromatic N) is 2. The van der Waals surface area contributed by atoms with E-state index in [1.165, 1.54) is 12.1 Å². The number of benzene rings is 2. The largest absolute Gasteiger partial charge is 0.369 e. The van der Waals surface area contributed by atoms with Gasteiger partial charge >= 0.3 is 0 Å². The topological polar surface area (TPSA) is 109 Å². The number of hydrogen-bond acceptors (Lipinski definition) is 5. The number of halogens is 1. The molecule has 156 valence electrons. The van der Waals surface area contributed by atoms with Crippen molar-refractivity contribution in [3.63, 3.8) is 0 Å². The summed E-state index contributed by atoms with van der Waals surface area (Å²) in [7, 11) is 0. The van der Waals surface area contributed by atoms with Crippen molar-refractivity contribution in [2.24, 2.45) is 5.73 Å². The van der Waals surface area contributed by atoms with Crippen LogP contribution in [0.1, 0.15) is 27.2 Å². The third kappa shape index (κ3) is 3.35. The summed E-state index contributed by atoms with van der Waals surface area (Å²) < 4.78 is 13.5. The number of aromatic nitrogens is 3. The summed E-state index contributed by atoms with van der Waals surface area (Å²) >= 11 is 0. The highest BCUT2D eigenvalue weighted by molar-refractivity contribution is 6.09. The van der Waals surface area contributed by atoms with Crippen LogP contribution in [0.4, 0.5) is 16.0 Å². The van der Waals surface area contributed by atoms with Crippen LogP contribution in [0.15, 0.2) is 42.5 Å². The molecule has 0 aliphatic carbocycles. The number of amides is 1. The second kappa shape index (κ2) is 7.39. The first-order chi connectivity index (χ1) is 15.0. The Kier molecular flexibility index (Phi) is 4.54. The Hall–Kier alpha value is -3.94. The molecular weight excluding hydrogens is 395 g/mol. The lowest BCUT2D eigenvalue weighted by atomic mass is 10.1. The summed E-state index contributed by atoms with van der Waals surface area (Å²) in [6.45, 7) is 3.14. The van der Waals surface area contributed by atoms with E-state index in [0.29, 0.717) is 29.3 Å². The molecule has 5 N–H and O–H groups in total. The minimum absolute atomic E-state index is 0.269. The first-order valence-corrected chi connectivity index (χ1v) is 10.1. The van der Waals surface area contributed by atoms with E-state index in [1.54, 1.807) is 18.2 Å². The molecule has 0 unspecified atom stereocenters. The number of nitrogens with one attached hydrogen (secondary N) is 3. The van der Waals surface area contributed by atoms with E-state index in [-0.39, 0.29) is 5.82 Å². The molecule has 0 saturated heterocycles. The molecule has 4 aromatic rings. The van der Waals surface area contributed by atoms with E-state index >= 15 is 0 Å². The zero-order valence-electron chi connectivity index (χ0n) is 16.9. The van der Waals surface area contributed by atoms with Gasteiger partial charge < -0.3 is 21.4 Å². The number of nitrogens with two attached hydrogens (primary N) is 1. The number of fused-ring (bicyclic) bond motifs is 2. The molecule has 7 nitrogen and oxygen atoms in total. The molecule has 1 amide bonds. The van der Waals surface area contributed by atoms with Crippen molar-refractivity contribution in [2.45, 2.75) is 19.9 Å². The summed E-state index contributed by atoms with van der Waals surface area (Å²) in [6, 6.07) is 11.9. The van der Waals surface area contributed by atoms with Gasteiger partial charge in [0, 0.05) is 35.3 Å². The third-order valence-corrected chi connectivity index (χ3v) is 5.53. The zero-order valence-corrected chi connectivity index (χ0v) is 16.9. The molecule has 1 aliphatic rings. The molecule has 0 radical (unpaired) electrons. The van der Waals surface area contributed by atoms with Crippen LogP contribution in [0.5, 0.6) is 0 Å². The summed E-state index contributed by atoms with van der Waals surface area (Å²) in [4.78, 5) is 24.7. The summed E-state index contributed by atoms with van der Waals surface area (Å²) in [5, 5.41) is 7.49. The fourth-order valence-electron chi connectivity index (χ4n) is 4.10. The van der Waals surface area contributed by atoms with E-state index in [9.17, 15) is 9.18 Å². The van der Waals surface area contributed by atoms with E-state index in [1.807, 2.05) is 19.1 Å². The number of para-hydroxylation sites is 1. The first kappa shape index (κ1) is 19.0. The molecule has 3 heterocycles. The first-order valence-electron chi connectivity index (χ1n) is 10.1. The fraction of sp³-hybridized carbons (Fsp3) is 0.174. The van der Waals surface area contributed by atoms with Crippen LogP contribution < -0.4 is 16.4 Å². The monoisotopic (exact) mass is 416 g/mol. The third-order valence-electron chi connectivity index (χ3n) is 5.53. The highest BCUT2D eigenvalue weighted by Gasteiger charge is 2.23. The second-order valence-electron chi connectivity index (χ2n) is 7.60. The van der Waals surface area contributed by atoms with Crippen molar-refractivity contribution in [3.05, 3.63) is 70.7 Å². The number of anilines is 2. The number of primary amides is 1. The highest BCUT2D eigenvalue weighted by Crippen LogP contribution is 2.35. The van der Waals surface area contributed by atoms with Gasteiger partial charge in [-0.1, -0.05) is 24.3 Å². The van der Waals surface area contributed by atoms with Gasteiger partial charge in [0.05, 0.1) is 11.1 Å². The van der Waals surface area contributed by atoms with Crippen LogP contribution in [0.3, 0.4) is 0 Å². The molecular formula is C23H21FN6O. The van der Waals surface area contributed by atoms with Gasteiger partial charge in [0.2, 0.25) is 0 Å². The van der Waals surface area contributed by atoms with E-state index in [4.69, 9.17) is 15.7 Å². The van der Waals surface area contributed by atoms with Gasteiger partial charge in [-0.15, -0.1) is 0 Å². The number of rotatable bonds is 5. The Morgan fingerprint density at radius 1 is 1.23 bits per heavy atom. The van der Waals surface area contributed by atoms with Gasteiger partial charge in [0.15, 0.2) is 5.82 Å². The Labute approximate surface area is 177 Å². The average Bonchev–Trinajstić information content (AvgIpc) is 3.35. The minimum Gasteiger partial charge on any atom is -0.369 e. The Morgan fingerprint density at radius 2 is 2.06 bits per heavy atom. The van der Waals surface area contributed by atoms with Gasteiger partial charge in [0.1, 0.15) is 17.5 Å². The lowest BCUT2D eigenvalue weighted by Gasteiger charge is -2.12. The molecule has 31 heavy (non-hydrogen) atoms. The molecule has 8 heteroatoms. The SMILES string of the molecule is Cc1[nH]c2c(C(N)=O)cccc2c1-c1nc2c(c(NCc3cccc(F)c3)n1)CCN2. The smallest absolute Gasteiger partial charge is 0.250 e. The van der Waals surface area contributed by atoms with Gasteiger partial charge in [-0.05, 0) is 37.1 Å². The molecule has 0 fully saturated rings. The molecule has 0 saturated carbocycles. The number of H-pyrrole nitrogens is 1. The lowest BCUT2D eigenvalue weighted by Crippen LogP contribution is -2.11. The maximum absolute atomic E-state index is 13.5. The van der Waals surface area contributed by atoms with Crippen LogP contribution in [0.2, 0.25) is 0 Å². The van der Waals surface area contributed by atoms with E-state index in [2.05, 4.69) is 15.6 Å². The van der Waals surface area contributed by atoms with Crippen molar-refractivity contribution >= 4 is 28.4 Å². The molecule has 2 aromatic carbocycles. The quantitative estimate of drug-likeness (QED) is 0.396. The highest BCUT2D eigenvalue weighted by atomic mass is 19.1. The van der Waals surface area contributed by atoms with Gasteiger partial charge in [-0.3, -0.25) is 4.79 Å².